The largest absolute Gasteiger partial charge is 0.508 e. The molecule has 4 amide bonds. The van der Waals surface area contributed by atoms with Crippen LogP contribution < -0.4 is 10.3 Å². The lowest BCUT2D eigenvalue weighted by Gasteiger charge is -2.50. The van der Waals surface area contributed by atoms with E-state index in [1.807, 2.05) is 6.92 Å². The molecule has 0 spiro atoms. The standard InChI is InChI=1S/C41H31F6N3O5/c1-21-7-11-26(12-8-21)48-50-36(53)32-20-31-29(34(22-9-13-28(51)14-10-22)39(32,38(50)55)23-5-3-2-4-6-23)15-16-30-33(31)37(54)49(35(30)52)27-18-24(40(42,43)44)17-25(19-27)41(45,46)47/h2-15,17-19,30-34,48,51H,16,20H2,1H3/t30-,31+,32-,33-,34-,39+/m0/s1. The van der Waals surface area contributed by atoms with Crippen molar-refractivity contribution in [3.05, 3.63) is 137 Å². The quantitative estimate of drug-likeness (QED) is 0.122. The first kappa shape index (κ1) is 36.1. The molecule has 2 aliphatic carbocycles. The number of phenols is 1. The summed E-state index contributed by atoms with van der Waals surface area (Å²) in [5.74, 6) is -8.72. The summed E-state index contributed by atoms with van der Waals surface area (Å²) in [4.78, 5) is 58.7. The average molecular weight is 760 g/mol. The molecule has 282 valence electrons. The van der Waals surface area contributed by atoms with Crippen LogP contribution in [-0.2, 0) is 36.9 Å². The number of alkyl halides is 6. The number of imide groups is 2. The van der Waals surface area contributed by atoms with Gasteiger partial charge >= 0.3 is 12.4 Å². The van der Waals surface area contributed by atoms with E-state index in [-0.39, 0.29) is 24.7 Å². The van der Waals surface area contributed by atoms with Crippen molar-refractivity contribution < 1.29 is 50.6 Å². The Hall–Kier alpha value is -5.92. The van der Waals surface area contributed by atoms with Gasteiger partial charge in [0.25, 0.3) is 11.8 Å². The van der Waals surface area contributed by atoms with Crippen molar-refractivity contribution in [1.29, 1.82) is 0 Å². The zero-order valence-corrected chi connectivity index (χ0v) is 28.9. The number of hydrazine groups is 1. The number of rotatable bonds is 5. The highest BCUT2D eigenvalue weighted by Crippen LogP contribution is 2.64. The molecule has 0 radical (unpaired) electrons. The van der Waals surface area contributed by atoms with E-state index < -0.39 is 87.8 Å². The highest BCUT2D eigenvalue weighted by atomic mass is 19.4. The number of carbonyl (C=O) groups is 4. The van der Waals surface area contributed by atoms with Crippen LogP contribution in [0.15, 0.2) is 109 Å². The number of benzene rings is 4. The van der Waals surface area contributed by atoms with Crippen molar-refractivity contribution >= 4 is 35.0 Å². The van der Waals surface area contributed by atoms with Crippen molar-refractivity contribution in [1.82, 2.24) is 5.01 Å². The van der Waals surface area contributed by atoms with Crippen LogP contribution in [0.4, 0.5) is 37.7 Å². The topological polar surface area (TPSA) is 107 Å². The van der Waals surface area contributed by atoms with Crippen LogP contribution in [0, 0.1) is 30.6 Å². The summed E-state index contributed by atoms with van der Waals surface area (Å²) in [5.41, 5.74) is 0.0189. The zero-order valence-electron chi connectivity index (χ0n) is 28.9. The summed E-state index contributed by atoms with van der Waals surface area (Å²) in [6.45, 7) is 1.87. The number of aromatic hydroxyl groups is 1. The first-order valence-electron chi connectivity index (χ1n) is 17.4. The fourth-order valence-corrected chi connectivity index (χ4v) is 9.11. The highest BCUT2D eigenvalue weighted by Gasteiger charge is 2.70. The zero-order chi connectivity index (χ0) is 39.2. The van der Waals surface area contributed by atoms with E-state index in [0.717, 1.165) is 10.6 Å². The smallest absolute Gasteiger partial charge is 0.416 e. The van der Waals surface area contributed by atoms with Gasteiger partial charge in [0.1, 0.15) is 5.75 Å². The molecule has 4 aliphatic rings. The minimum Gasteiger partial charge on any atom is -0.508 e. The van der Waals surface area contributed by atoms with Crippen LogP contribution in [0.25, 0.3) is 0 Å². The Kier molecular flexibility index (Phi) is 8.24. The van der Waals surface area contributed by atoms with Crippen molar-refractivity contribution in [2.45, 2.75) is 43.5 Å². The number of anilines is 2. The molecule has 2 N–H and O–H groups in total. The van der Waals surface area contributed by atoms with E-state index in [2.05, 4.69) is 5.43 Å². The van der Waals surface area contributed by atoms with Crippen LogP contribution >= 0.6 is 0 Å². The second-order valence-corrected chi connectivity index (χ2v) is 14.5. The lowest BCUT2D eigenvalue weighted by molar-refractivity contribution is -0.143. The van der Waals surface area contributed by atoms with Crippen LogP contribution in [-0.4, -0.2) is 33.7 Å². The fraction of sp³-hybridized carbons (Fsp3) is 0.268. The second-order valence-electron chi connectivity index (χ2n) is 14.5. The maximum atomic E-state index is 15.1. The Balaban J connectivity index is 1.28. The van der Waals surface area contributed by atoms with Crippen LogP contribution in [0.2, 0.25) is 0 Å². The van der Waals surface area contributed by atoms with Crippen molar-refractivity contribution in [2.75, 3.05) is 10.3 Å². The molecule has 3 fully saturated rings. The van der Waals surface area contributed by atoms with Gasteiger partial charge in [-0.25, -0.2) is 4.90 Å². The number of allylic oxidation sites excluding steroid dienone is 2. The maximum Gasteiger partial charge on any atom is 0.416 e. The third-order valence-corrected chi connectivity index (χ3v) is 11.5. The van der Waals surface area contributed by atoms with E-state index in [9.17, 15) is 45.8 Å². The Labute approximate surface area is 310 Å². The molecule has 4 aromatic carbocycles. The summed E-state index contributed by atoms with van der Waals surface area (Å²) in [6.07, 6.45) is -8.99. The number of phenolic OH excluding ortho intramolecular Hbond substituents is 1. The second kappa shape index (κ2) is 12.6. The number of hydrogen-bond acceptors (Lipinski definition) is 6. The minimum absolute atomic E-state index is 0.0765. The lowest BCUT2D eigenvalue weighted by Crippen LogP contribution is -2.53. The van der Waals surface area contributed by atoms with Gasteiger partial charge < -0.3 is 5.11 Å². The molecular formula is C41H31F6N3O5. The summed E-state index contributed by atoms with van der Waals surface area (Å²) in [7, 11) is 0. The SMILES string of the molecule is Cc1ccc(NN2C(=O)[C@@H]3C[C@@H]4C(=CC[C@@H]5C(=O)N(c6cc(C(F)(F)F)cc(C(F)(F)F)c6)C(=O)[C@@H]54)[C@H](c4ccc(O)cc4)[C@]3(c3ccccc3)C2=O)cc1. The molecule has 14 heteroatoms. The molecule has 2 aliphatic heterocycles. The number of amides is 4. The van der Waals surface area contributed by atoms with E-state index >= 15 is 4.79 Å². The van der Waals surface area contributed by atoms with E-state index in [1.54, 1.807) is 72.8 Å². The Morgan fingerprint density at radius 3 is 1.96 bits per heavy atom. The minimum atomic E-state index is -5.22. The number of fused-ring (bicyclic) bond motifs is 4. The van der Waals surface area contributed by atoms with Gasteiger partial charge in [-0.1, -0.05) is 71.8 Å². The Bertz CT molecular complexity index is 2240. The molecule has 0 unspecified atom stereocenters. The molecule has 0 bridgehead atoms. The number of aryl methyl sites for hydroxylation is 1. The van der Waals surface area contributed by atoms with Crippen LogP contribution in [0.1, 0.15) is 46.6 Å². The van der Waals surface area contributed by atoms with Gasteiger partial charge in [-0.05, 0) is 79.3 Å². The maximum absolute atomic E-state index is 15.1. The van der Waals surface area contributed by atoms with Crippen LogP contribution in [0.3, 0.4) is 0 Å². The molecule has 2 saturated heterocycles. The predicted octanol–water partition coefficient (Wildman–Crippen LogP) is 7.93. The molecule has 8 nitrogen and oxygen atoms in total. The number of hydrogen-bond donors (Lipinski definition) is 2. The summed E-state index contributed by atoms with van der Waals surface area (Å²) in [5, 5.41) is 11.2. The number of nitrogens with zero attached hydrogens (tertiary/aromatic N) is 2. The summed E-state index contributed by atoms with van der Waals surface area (Å²) >= 11 is 0. The van der Waals surface area contributed by atoms with Gasteiger partial charge in [0, 0.05) is 5.92 Å². The van der Waals surface area contributed by atoms with E-state index in [0.29, 0.717) is 39.4 Å². The van der Waals surface area contributed by atoms with Gasteiger partial charge in [-0.3, -0.25) is 24.6 Å². The molecule has 55 heavy (non-hydrogen) atoms. The Morgan fingerprint density at radius 2 is 1.36 bits per heavy atom. The number of halogens is 6. The molecule has 8 rings (SSSR count). The first-order valence-corrected chi connectivity index (χ1v) is 17.4. The third kappa shape index (κ3) is 5.60. The van der Waals surface area contributed by atoms with Gasteiger partial charge in [0.2, 0.25) is 11.8 Å². The number of carbonyl (C=O) groups excluding carboxylic acids is 4. The molecule has 1 saturated carbocycles. The van der Waals surface area contributed by atoms with E-state index in [4.69, 9.17) is 0 Å². The van der Waals surface area contributed by atoms with E-state index in [1.165, 1.54) is 12.1 Å². The predicted molar refractivity (Wildman–Crippen MR) is 186 cm³/mol. The van der Waals surface area contributed by atoms with Gasteiger partial charge in [-0.15, -0.1) is 0 Å². The Morgan fingerprint density at radius 1 is 0.745 bits per heavy atom. The van der Waals surface area contributed by atoms with Crippen molar-refractivity contribution in [3.8, 4) is 5.75 Å². The first-order chi connectivity index (χ1) is 26.0. The molecule has 2 heterocycles. The fourth-order valence-electron chi connectivity index (χ4n) is 9.11. The summed E-state index contributed by atoms with van der Waals surface area (Å²) < 4.78 is 83.2. The summed E-state index contributed by atoms with van der Waals surface area (Å²) in [6, 6.07) is 22.3. The normalized spacial score (nSPS) is 26.5. The van der Waals surface area contributed by atoms with Crippen molar-refractivity contribution in [3.63, 3.8) is 0 Å². The van der Waals surface area contributed by atoms with Crippen LogP contribution in [0.5, 0.6) is 5.75 Å². The molecule has 0 aromatic heterocycles. The van der Waals surface area contributed by atoms with Gasteiger partial charge in [0.15, 0.2) is 0 Å². The third-order valence-electron chi connectivity index (χ3n) is 11.5. The molecular weight excluding hydrogens is 728 g/mol. The number of nitrogens with one attached hydrogen (secondary N) is 1. The monoisotopic (exact) mass is 759 g/mol. The lowest BCUT2D eigenvalue weighted by atomic mass is 9.49. The van der Waals surface area contributed by atoms with Gasteiger partial charge in [-0.2, -0.15) is 31.4 Å². The molecule has 4 aromatic rings. The average Bonchev–Trinajstić information content (AvgIpc) is 3.53. The van der Waals surface area contributed by atoms with Crippen molar-refractivity contribution in [2.24, 2.45) is 23.7 Å². The highest BCUT2D eigenvalue weighted by molar-refractivity contribution is 6.22. The molecule has 6 atom stereocenters. The van der Waals surface area contributed by atoms with Gasteiger partial charge in [0.05, 0.1) is 45.7 Å².